The van der Waals surface area contributed by atoms with Gasteiger partial charge in [-0.25, -0.2) is 9.59 Å². The van der Waals surface area contributed by atoms with Gasteiger partial charge in [0.05, 0.1) is 13.0 Å². The van der Waals surface area contributed by atoms with Crippen molar-refractivity contribution in [2.24, 2.45) is 5.92 Å². The Morgan fingerprint density at radius 2 is 1.65 bits per heavy atom. The lowest BCUT2D eigenvalue weighted by atomic mass is 9.84. The molecule has 4 atom stereocenters. The molecular weight excluding hydrogens is 638 g/mol. The van der Waals surface area contributed by atoms with E-state index in [1.165, 1.54) is 30.0 Å². The van der Waals surface area contributed by atoms with Crippen LogP contribution in [-0.2, 0) is 39.9 Å². The van der Waals surface area contributed by atoms with Gasteiger partial charge >= 0.3 is 18.0 Å². The fraction of sp³-hybridized carbons (Fsp3) is 0.559. The van der Waals surface area contributed by atoms with Crippen LogP contribution in [0.15, 0.2) is 43.0 Å². The summed E-state index contributed by atoms with van der Waals surface area (Å²) in [5, 5.41) is 23.0. The molecule has 0 bridgehead atoms. The highest BCUT2D eigenvalue weighted by Gasteiger charge is 2.44. The van der Waals surface area contributed by atoms with E-state index in [2.05, 4.69) is 17.2 Å². The van der Waals surface area contributed by atoms with Crippen molar-refractivity contribution in [3.05, 3.63) is 48.6 Å². The topological polar surface area (TPSA) is 203 Å². The second-order valence-electron chi connectivity index (χ2n) is 12.6. The van der Waals surface area contributed by atoms with Crippen LogP contribution >= 0.6 is 0 Å². The quantitative estimate of drug-likeness (QED) is 0.174. The molecule has 0 aromatic heterocycles. The molecule has 1 aromatic carbocycles. The molecule has 1 aromatic rings. The summed E-state index contributed by atoms with van der Waals surface area (Å²) in [5.41, 5.74) is 0.785. The first-order valence-corrected chi connectivity index (χ1v) is 16.5. The number of nitrogens with one attached hydrogen (secondary N) is 2. The van der Waals surface area contributed by atoms with E-state index in [0.29, 0.717) is 12.8 Å². The van der Waals surface area contributed by atoms with E-state index in [0.717, 1.165) is 42.6 Å². The van der Waals surface area contributed by atoms with Crippen molar-refractivity contribution in [2.75, 3.05) is 33.8 Å². The second-order valence-corrected chi connectivity index (χ2v) is 12.6. The van der Waals surface area contributed by atoms with Crippen molar-refractivity contribution >= 4 is 41.7 Å². The van der Waals surface area contributed by atoms with Gasteiger partial charge in [-0.05, 0) is 24.3 Å². The van der Waals surface area contributed by atoms with Crippen LogP contribution in [0.2, 0.25) is 0 Å². The van der Waals surface area contributed by atoms with Crippen molar-refractivity contribution in [1.29, 1.82) is 0 Å². The van der Waals surface area contributed by atoms with Gasteiger partial charge < -0.3 is 40.3 Å². The Labute approximate surface area is 285 Å². The highest BCUT2D eigenvalue weighted by molar-refractivity contribution is 5.96. The van der Waals surface area contributed by atoms with Crippen LogP contribution in [0.5, 0.6) is 0 Å². The minimum Gasteiger partial charge on any atom is -0.481 e. The summed E-state index contributed by atoms with van der Waals surface area (Å²) in [6.07, 6.45) is 5.36. The van der Waals surface area contributed by atoms with E-state index in [9.17, 15) is 38.7 Å². The Morgan fingerprint density at radius 1 is 0.980 bits per heavy atom. The smallest absolute Gasteiger partial charge is 0.408 e. The summed E-state index contributed by atoms with van der Waals surface area (Å²) in [5.74, 6) is -5.15. The molecule has 1 saturated carbocycles. The van der Waals surface area contributed by atoms with Crippen molar-refractivity contribution in [1.82, 2.24) is 25.3 Å². The third kappa shape index (κ3) is 11.3. The predicted molar refractivity (Wildman–Crippen MR) is 176 cm³/mol. The number of hydrogen-bond acceptors (Lipinski definition) is 8. The van der Waals surface area contributed by atoms with Gasteiger partial charge in [0.15, 0.2) is 0 Å². The zero-order valence-corrected chi connectivity index (χ0v) is 28.0. The largest absolute Gasteiger partial charge is 0.481 e. The fourth-order valence-corrected chi connectivity index (χ4v) is 6.19. The monoisotopic (exact) mass is 685 g/mol. The van der Waals surface area contributed by atoms with Crippen LogP contribution in [-0.4, -0.2) is 125 Å². The number of carbonyl (C=O) groups excluding carboxylic acids is 5. The maximum Gasteiger partial charge on any atom is 0.408 e. The average molecular weight is 686 g/mol. The fourth-order valence-electron chi connectivity index (χ4n) is 6.19. The number of aliphatic carboxylic acids is 2. The Balaban J connectivity index is 1.77. The summed E-state index contributed by atoms with van der Waals surface area (Å²) >= 11 is 0. The summed E-state index contributed by atoms with van der Waals surface area (Å²) in [4.78, 5) is 93.0. The minimum absolute atomic E-state index is 0.0529. The summed E-state index contributed by atoms with van der Waals surface area (Å²) in [6.45, 7) is 3.17. The minimum atomic E-state index is -1.68. The first kappa shape index (κ1) is 38.5. The Kier molecular flexibility index (Phi) is 14.6. The molecule has 3 rings (SSSR count). The molecule has 15 heteroatoms. The molecule has 2 aliphatic rings. The van der Waals surface area contributed by atoms with Crippen molar-refractivity contribution < 1.29 is 48.5 Å². The van der Waals surface area contributed by atoms with Crippen LogP contribution in [0.4, 0.5) is 4.79 Å². The van der Waals surface area contributed by atoms with E-state index < -0.39 is 78.8 Å². The normalized spacial score (nSPS) is 17.7. The number of carboxylic acids is 2. The number of nitrogens with zero attached hydrogens (tertiary/aromatic N) is 3. The number of carboxylic acid groups (broad SMARTS) is 2. The molecule has 268 valence electrons. The predicted octanol–water partition coefficient (Wildman–Crippen LogP) is 1.41. The van der Waals surface area contributed by atoms with Crippen LogP contribution in [0.25, 0.3) is 0 Å². The van der Waals surface area contributed by atoms with E-state index >= 15 is 0 Å². The number of rotatable bonds is 17. The molecule has 1 saturated heterocycles. The number of alkyl carbamates (subject to hydrolysis) is 1. The highest BCUT2D eigenvalue weighted by Crippen LogP contribution is 2.30. The first-order chi connectivity index (χ1) is 23.3. The van der Waals surface area contributed by atoms with Gasteiger partial charge in [-0.2, -0.15) is 0 Å². The molecule has 1 heterocycles. The second kappa shape index (κ2) is 18.6. The molecule has 5 amide bonds. The number of ether oxygens (including phenoxy) is 1. The van der Waals surface area contributed by atoms with Crippen LogP contribution in [0, 0.1) is 5.92 Å². The van der Waals surface area contributed by atoms with Crippen molar-refractivity contribution in [3.8, 4) is 0 Å². The molecule has 4 N–H and O–H groups in total. The van der Waals surface area contributed by atoms with Gasteiger partial charge in [-0.1, -0.05) is 75.1 Å². The van der Waals surface area contributed by atoms with E-state index in [1.807, 2.05) is 30.3 Å². The summed E-state index contributed by atoms with van der Waals surface area (Å²) in [6, 6.07) is 4.50. The summed E-state index contributed by atoms with van der Waals surface area (Å²) < 4.78 is 5.04. The number of amides is 5. The Hall–Kier alpha value is -4.95. The lowest BCUT2D eigenvalue weighted by molar-refractivity contribution is -0.157. The standard InChI is InChI=1S/C34H47N5O10/c1-4-17-49-34(48)36-24(18-22-11-7-5-8-12-22)30(43)39-16-15-26(39)32(45)38(3)27(19-23-13-9-6-10-14-23)31(44)37(2)21-28(40)35-25(33(46)47)20-29(41)42/h4-5,7-8,11-12,23-27H,1,6,9-10,13-21H2,2-3H3,(H,35,40)(H,36,48)(H,41,42)(H,46,47)/t24-,25-,26-,27-/m0/s1. The Morgan fingerprint density at radius 3 is 2.22 bits per heavy atom. The zero-order valence-electron chi connectivity index (χ0n) is 28.0. The molecular formula is C34H47N5O10. The zero-order chi connectivity index (χ0) is 36.1. The number of likely N-dealkylation sites (tertiary alicyclic amines) is 1. The van der Waals surface area contributed by atoms with Crippen molar-refractivity contribution in [2.45, 2.75) is 82.0 Å². The first-order valence-electron chi connectivity index (χ1n) is 16.5. The molecule has 15 nitrogen and oxygen atoms in total. The van der Waals surface area contributed by atoms with Crippen molar-refractivity contribution in [3.63, 3.8) is 0 Å². The lowest BCUT2D eigenvalue weighted by Crippen LogP contribution is -2.64. The molecule has 2 fully saturated rings. The molecule has 1 aliphatic heterocycles. The highest BCUT2D eigenvalue weighted by atomic mass is 16.5. The SMILES string of the molecule is C=CCOC(=O)N[C@@H](Cc1ccccc1)C(=O)N1CC[C@H]1C(=O)N(C)[C@@H](CC1CCCCC1)C(=O)N(C)CC(=O)N[C@@H](CC(=O)O)C(=O)O. The van der Waals surface area contributed by atoms with Gasteiger partial charge in [-0.3, -0.25) is 24.0 Å². The number of hydrogen-bond donors (Lipinski definition) is 4. The molecule has 0 spiro atoms. The number of benzene rings is 1. The van der Waals surface area contributed by atoms with Gasteiger partial charge in [0, 0.05) is 27.1 Å². The van der Waals surface area contributed by atoms with Crippen LogP contribution in [0.3, 0.4) is 0 Å². The lowest BCUT2D eigenvalue weighted by Gasteiger charge is -2.44. The van der Waals surface area contributed by atoms with E-state index in [4.69, 9.17) is 9.84 Å². The average Bonchev–Trinajstić information content (AvgIpc) is 3.05. The van der Waals surface area contributed by atoms with Gasteiger partial charge in [-0.15, -0.1) is 0 Å². The molecule has 49 heavy (non-hydrogen) atoms. The maximum atomic E-state index is 14.0. The van der Waals surface area contributed by atoms with Gasteiger partial charge in [0.2, 0.25) is 23.6 Å². The molecule has 0 unspecified atom stereocenters. The third-order valence-corrected chi connectivity index (χ3v) is 8.94. The summed E-state index contributed by atoms with van der Waals surface area (Å²) in [7, 11) is 2.84. The third-order valence-electron chi connectivity index (χ3n) is 8.94. The molecule has 1 aliphatic carbocycles. The van der Waals surface area contributed by atoms with Gasteiger partial charge in [0.25, 0.3) is 0 Å². The van der Waals surface area contributed by atoms with Gasteiger partial charge in [0.1, 0.15) is 30.8 Å². The number of carbonyl (C=O) groups is 7. The maximum absolute atomic E-state index is 14.0. The molecule has 0 radical (unpaired) electrons. The van der Waals surface area contributed by atoms with Crippen LogP contribution < -0.4 is 10.6 Å². The van der Waals surface area contributed by atoms with E-state index in [-0.39, 0.29) is 25.5 Å². The van der Waals surface area contributed by atoms with E-state index in [1.54, 1.807) is 0 Å². The number of likely N-dealkylation sites (N-methyl/N-ethyl adjacent to an activating group) is 2. The Bertz CT molecular complexity index is 1370. The van der Waals surface area contributed by atoms with Crippen LogP contribution in [0.1, 0.15) is 56.9 Å².